The van der Waals surface area contributed by atoms with Crippen molar-refractivity contribution in [1.29, 1.82) is 0 Å². The molecular formula is C21H32N4O. The molecule has 1 aromatic carbocycles. The Bertz CT molecular complexity index is 697. The summed E-state index contributed by atoms with van der Waals surface area (Å²) in [5, 5.41) is 17.1. The molecule has 1 unspecified atom stereocenters. The molecule has 142 valence electrons. The first-order valence-electron chi connectivity index (χ1n) is 9.72. The number of benzene rings is 1. The van der Waals surface area contributed by atoms with Crippen LogP contribution in [0.5, 0.6) is 0 Å². The minimum Gasteiger partial charge on any atom is -0.396 e. The van der Waals surface area contributed by atoms with Crippen molar-refractivity contribution < 1.29 is 5.11 Å². The van der Waals surface area contributed by atoms with Crippen LogP contribution in [0.1, 0.15) is 48.7 Å². The van der Waals surface area contributed by atoms with Crippen LogP contribution in [0, 0.1) is 6.92 Å². The van der Waals surface area contributed by atoms with E-state index >= 15 is 0 Å². The number of H-pyrrole nitrogens is 1. The quantitative estimate of drug-likeness (QED) is 0.801. The highest BCUT2D eigenvalue weighted by atomic mass is 16.3. The van der Waals surface area contributed by atoms with E-state index in [1.165, 1.54) is 16.8 Å². The van der Waals surface area contributed by atoms with Crippen molar-refractivity contribution in [3.05, 3.63) is 52.8 Å². The lowest BCUT2D eigenvalue weighted by Gasteiger charge is -2.41. The highest BCUT2D eigenvalue weighted by molar-refractivity contribution is 5.25. The van der Waals surface area contributed by atoms with Crippen LogP contribution in [0.15, 0.2) is 30.3 Å². The van der Waals surface area contributed by atoms with Crippen molar-refractivity contribution in [1.82, 2.24) is 20.0 Å². The second-order valence-corrected chi connectivity index (χ2v) is 7.77. The Morgan fingerprint density at radius 2 is 2.04 bits per heavy atom. The Morgan fingerprint density at radius 3 is 2.73 bits per heavy atom. The maximum Gasteiger partial charge on any atom is 0.0650 e. The van der Waals surface area contributed by atoms with Crippen molar-refractivity contribution in [2.75, 3.05) is 26.2 Å². The first-order chi connectivity index (χ1) is 12.6. The average molecular weight is 357 g/mol. The van der Waals surface area contributed by atoms with Gasteiger partial charge in [0.25, 0.3) is 0 Å². The largest absolute Gasteiger partial charge is 0.396 e. The first kappa shape index (κ1) is 19.1. The molecule has 1 fully saturated rings. The van der Waals surface area contributed by atoms with Crippen molar-refractivity contribution in [2.24, 2.45) is 0 Å². The number of nitrogens with one attached hydrogen (secondary N) is 1. The Kier molecular flexibility index (Phi) is 6.46. The Morgan fingerprint density at radius 1 is 1.23 bits per heavy atom. The van der Waals surface area contributed by atoms with Crippen LogP contribution in [0.2, 0.25) is 0 Å². The van der Waals surface area contributed by atoms with Gasteiger partial charge >= 0.3 is 0 Å². The molecule has 0 spiro atoms. The zero-order valence-electron chi connectivity index (χ0n) is 16.3. The standard InChI is InChI=1S/C21H32N4O/c1-16(2)21-12-19(22-23-21)14-24-9-10-25(20(15-24)8-11-26)13-18-7-5-4-6-17(18)3/h4-7,12,16,20,26H,8-11,13-15H2,1-3H3,(H,22,23). The zero-order chi connectivity index (χ0) is 18.5. The van der Waals surface area contributed by atoms with Crippen LogP contribution in [0.25, 0.3) is 0 Å². The van der Waals surface area contributed by atoms with E-state index in [4.69, 9.17) is 0 Å². The lowest BCUT2D eigenvalue weighted by molar-refractivity contribution is 0.0493. The summed E-state index contributed by atoms with van der Waals surface area (Å²) in [5.74, 6) is 0.452. The second-order valence-electron chi connectivity index (χ2n) is 7.77. The predicted molar refractivity (Wildman–Crippen MR) is 105 cm³/mol. The highest BCUT2D eigenvalue weighted by Crippen LogP contribution is 2.20. The molecule has 26 heavy (non-hydrogen) atoms. The van der Waals surface area contributed by atoms with Gasteiger partial charge in [0.15, 0.2) is 0 Å². The topological polar surface area (TPSA) is 55.4 Å². The molecule has 2 aromatic rings. The number of aromatic nitrogens is 2. The van der Waals surface area contributed by atoms with Crippen LogP contribution in [-0.2, 0) is 13.1 Å². The fourth-order valence-corrected chi connectivity index (χ4v) is 3.74. The summed E-state index contributed by atoms with van der Waals surface area (Å²) >= 11 is 0. The van der Waals surface area contributed by atoms with Crippen molar-refractivity contribution in [2.45, 2.75) is 52.2 Å². The van der Waals surface area contributed by atoms with E-state index in [9.17, 15) is 5.11 Å². The summed E-state index contributed by atoms with van der Waals surface area (Å²) in [6.45, 7) is 11.7. The summed E-state index contributed by atoms with van der Waals surface area (Å²) < 4.78 is 0. The molecule has 1 aromatic heterocycles. The van der Waals surface area contributed by atoms with Gasteiger partial charge < -0.3 is 5.11 Å². The number of hydrogen-bond acceptors (Lipinski definition) is 4. The molecule has 0 aliphatic carbocycles. The van der Waals surface area contributed by atoms with E-state index in [0.29, 0.717) is 12.0 Å². The number of aliphatic hydroxyl groups excluding tert-OH is 1. The molecule has 3 rings (SSSR count). The molecule has 5 nitrogen and oxygen atoms in total. The summed E-state index contributed by atoms with van der Waals surface area (Å²) in [6, 6.07) is 11.2. The van der Waals surface area contributed by atoms with Crippen LogP contribution in [-0.4, -0.2) is 57.4 Å². The molecule has 1 aliphatic rings. The van der Waals surface area contributed by atoms with E-state index in [1.807, 2.05) is 0 Å². The van der Waals surface area contributed by atoms with Gasteiger partial charge in [-0.1, -0.05) is 38.1 Å². The number of aryl methyl sites for hydroxylation is 1. The maximum atomic E-state index is 9.54. The van der Waals surface area contributed by atoms with E-state index in [1.54, 1.807) is 0 Å². The molecule has 1 aliphatic heterocycles. The van der Waals surface area contributed by atoms with Gasteiger partial charge in [0.1, 0.15) is 0 Å². The van der Waals surface area contributed by atoms with Crippen molar-refractivity contribution in [3.8, 4) is 0 Å². The van der Waals surface area contributed by atoms with Gasteiger partial charge in [0.05, 0.1) is 5.69 Å². The van der Waals surface area contributed by atoms with E-state index < -0.39 is 0 Å². The molecule has 1 saturated heterocycles. The number of nitrogens with zero attached hydrogens (tertiary/aromatic N) is 3. The number of piperazine rings is 1. The fraction of sp³-hybridized carbons (Fsp3) is 0.571. The Labute approximate surface area is 157 Å². The minimum atomic E-state index is 0.240. The normalized spacial score (nSPS) is 19.3. The van der Waals surface area contributed by atoms with Gasteiger partial charge in [-0.2, -0.15) is 5.10 Å². The third-order valence-corrected chi connectivity index (χ3v) is 5.42. The molecule has 2 N–H and O–H groups in total. The SMILES string of the molecule is Cc1ccccc1CN1CCN(Cc2cc(C(C)C)n[nH]2)CC1CCO. The van der Waals surface area contributed by atoms with E-state index in [-0.39, 0.29) is 6.61 Å². The number of aliphatic hydroxyl groups is 1. The molecular weight excluding hydrogens is 324 g/mol. The van der Waals surface area contributed by atoms with Crippen LogP contribution in [0.4, 0.5) is 0 Å². The second kappa shape index (κ2) is 8.80. The first-order valence-corrected chi connectivity index (χ1v) is 9.72. The van der Waals surface area contributed by atoms with Crippen LogP contribution >= 0.6 is 0 Å². The third kappa shape index (κ3) is 4.72. The van der Waals surface area contributed by atoms with E-state index in [2.05, 4.69) is 71.1 Å². The summed E-state index contributed by atoms with van der Waals surface area (Å²) in [4.78, 5) is 5.01. The smallest absolute Gasteiger partial charge is 0.0650 e. The van der Waals surface area contributed by atoms with Gasteiger partial charge in [0, 0.05) is 51.1 Å². The third-order valence-electron chi connectivity index (χ3n) is 5.42. The van der Waals surface area contributed by atoms with Gasteiger partial charge in [-0.15, -0.1) is 0 Å². The zero-order valence-corrected chi connectivity index (χ0v) is 16.3. The number of aromatic amines is 1. The van der Waals surface area contributed by atoms with Crippen molar-refractivity contribution >= 4 is 0 Å². The summed E-state index contributed by atoms with van der Waals surface area (Å²) in [6.07, 6.45) is 0.822. The van der Waals surface area contributed by atoms with Crippen LogP contribution < -0.4 is 0 Å². The van der Waals surface area contributed by atoms with Gasteiger partial charge in [-0.25, -0.2) is 0 Å². The molecule has 0 bridgehead atoms. The monoisotopic (exact) mass is 356 g/mol. The molecule has 2 heterocycles. The average Bonchev–Trinajstić information content (AvgIpc) is 3.08. The van der Waals surface area contributed by atoms with Gasteiger partial charge in [0.2, 0.25) is 0 Å². The summed E-state index contributed by atoms with van der Waals surface area (Å²) in [7, 11) is 0. The molecule has 0 amide bonds. The van der Waals surface area contributed by atoms with Crippen LogP contribution in [0.3, 0.4) is 0 Å². The lowest BCUT2D eigenvalue weighted by Crippen LogP contribution is -2.52. The minimum absolute atomic E-state index is 0.240. The van der Waals surface area contributed by atoms with Gasteiger partial charge in [-0.3, -0.25) is 14.9 Å². The van der Waals surface area contributed by atoms with E-state index in [0.717, 1.165) is 44.8 Å². The van der Waals surface area contributed by atoms with Crippen molar-refractivity contribution in [3.63, 3.8) is 0 Å². The highest BCUT2D eigenvalue weighted by Gasteiger charge is 2.27. The lowest BCUT2D eigenvalue weighted by atomic mass is 10.0. The maximum absolute atomic E-state index is 9.54. The molecule has 5 heteroatoms. The molecule has 1 atom stereocenters. The Balaban J connectivity index is 1.62. The fourth-order valence-electron chi connectivity index (χ4n) is 3.74. The van der Waals surface area contributed by atoms with Gasteiger partial charge in [-0.05, 0) is 36.5 Å². The summed E-state index contributed by atoms with van der Waals surface area (Å²) in [5.41, 5.74) is 5.05. The number of rotatable bonds is 7. The Hall–Kier alpha value is -1.69. The number of hydrogen-bond donors (Lipinski definition) is 2. The molecule has 0 radical (unpaired) electrons. The predicted octanol–water partition coefficient (Wildman–Crippen LogP) is 2.91. The molecule has 0 saturated carbocycles.